The van der Waals surface area contributed by atoms with E-state index < -0.39 is 0 Å². The molecule has 1 unspecified atom stereocenters. The van der Waals surface area contributed by atoms with Gasteiger partial charge >= 0.3 is 0 Å². The number of aryl methyl sites for hydroxylation is 2. The summed E-state index contributed by atoms with van der Waals surface area (Å²) in [6, 6.07) is 8.45. The first kappa shape index (κ1) is 20.3. The molecule has 3 rings (SSSR count). The van der Waals surface area contributed by atoms with Crippen molar-refractivity contribution < 1.29 is 4.74 Å². The summed E-state index contributed by atoms with van der Waals surface area (Å²) in [5, 5.41) is 11.9. The second-order valence-electron chi connectivity index (χ2n) is 7.30. The van der Waals surface area contributed by atoms with Crippen LogP contribution in [0.3, 0.4) is 0 Å². The first-order chi connectivity index (χ1) is 13.6. The highest BCUT2D eigenvalue weighted by molar-refractivity contribution is 5.80. The van der Waals surface area contributed by atoms with Crippen LogP contribution in [0.15, 0.2) is 29.3 Å². The van der Waals surface area contributed by atoms with Crippen molar-refractivity contribution in [3.05, 3.63) is 47.0 Å². The Labute approximate surface area is 167 Å². The van der Waals surface area contributed by atoms with Gasteiger partial charge in [-0.15, -0.1) is 10.2 Å². The van der Waals surface area contributed by atoms with Gasteiger partial charge in [0.25, 0.3) is 0 Å². The number of nitrogens with one attached hydrogen (secondary N) is 1. The number of morpholine rings is 1. The smallest absolute Gasteiger partial charge is 0.194 e. The average Bonchev–Trinajstić information content (AvgIpc) is 3.03. The van der Waals surface area contributed by atoms with Crippen molar-refractivity contribution in [1.82, 2.24) is 25.0 Å². The topological polar surface area (TPSA) is 67.6 Å². The number of aliphatic imine (C=N–C) groups is 1. The van der Waals surface area contributed by atoms with Gasteiger partial charge in [0.05, 0.1) is 13.2 Å². The lowest BCUT2D eigenvalue weighted by atomic mass is 10.0. The molecule has 1 aromatic heterocycles. The van der Waals surface area contributed by atoms with Gasteiger partial charge in [0.15, 0.2) is 11.8 Å². The first-order valence-electron chi connectivity index (χ1n) is 10.2. The molecule has 0 saturated carbocycles. The van der Waals surface area contributed by atoms with Crippen molar-refractivity contribution in [1.29, 1.82) is 0 Å². The molecule has 7 nitrogen and oxygen atoms in total. The van der Waals surface area contributed by atoms with Crippen molar-refractivity contribution >= 4 is 5.96 Å². The molecule has 0 bridgehead atoms. The Balaban J connectivity index is 1.75. The predicted octanol–water partition coefficient (Wildman–Crippen LogP) is 2.75. The fraction of sp³-hybridized carbons (Fsp3) is 0.571. The molecule has 1 fully saturated rings. The van der Waals surface area contributed by atoms with Crippen LogP contribution in [0.5, 0.6) is 0 Å². The lowest BCUT2D eigenvalue weighted by molar-refractivity contribution is -0.00837. The van der Waals surface area contributed by atoms with Crippen LogP contribution >= 0.6 is 0 Å². The van der Waals surface area contributed by atoms with Gasteiger partial charge in [-0.1, -0.05) is 37.6 Å². The van der Waals surface area contributed by atoms with Crippen LogP contribution in [0, 0.1) is 13.8 Å². The zero-order valence-corrected chi connectivity index (χ0v) is 17.5. The summed E-state index contributed by atoms with van der Waals surface area (Å²) in [5.74, 6) is 2.70. The highest BCUT2D eigenvalue weighted by Gasteiger charge is 2.25. The van der Waals surface area contributed by atoms with Crippen molar-refractivity contribution in [2.45, 2.75) is 46.3 Å². The molecule has 0 aliphatic carbocycles. The summed E-state index contributed by atoms with van der Waals surface area (Å²) < 4.78 is 8.07. The quantitative estimate of drug-likeness (QED) is 0.471. The van der Waals surface area contributed by atoms with Gasteiger partial charge in [-0.3, -0.25) is 0 Å². The molecule has 2 aromatic rings. The summed E-state index contributed by atoms with van der Waals surface area (Å²) in [6.07, 6.45) is 2.33. The van der Waals surface area contributed by atoms with Crippen molar-refractivity contribution in [3.63, 3.8) is 0 Å². The molecule has 28 heavy (non-hydrogen) atoms. The number of hydrogen-bond acceptors (Lipinski definition) is 4. The molecule has 1 aromatic carbocycles. The number of guanidine groups is 1. The van der Waals surface area contributed by atoms with Crippen LogP contribution in [0.4, 0.5) is 0 Å². The number of hydrogen-bond donors (Lipinski definition) is 1. The third kappa shape index (κ3) is 4.90. The largest absolute Gasteiger partial charge is 0.370 e. The summed E-state index contributed by atoms with van der Waals surface area (Å²) in [4.78, 5) is 7.17. The van der Waals surface area contributed by atoms with E-state index in [0.29, 0.717) is 13.2 Å². The Morgan fingerprint density at radius 2 is 2.11 bits per heavy atom. The standard InChI is InChI=1S/C21H32N6O/c1-5-6-11-22-21(23-14-20-25-24-17(3)26(20)4)27-12-13-28-19(15-27)18-10-8-7-9-16(18)2/h7-10,19H,5-6,11-15H2,1-4H3,(H,22,23). The maximum absolute atomic E-state index is 6.09. The van der Waals surface area contributed by atoms with Gasteiger partial charge in [0.2, 0.25) is 0 Å². The van der Waals surface area contributed by atoms with E-state index in [1.807, 2.05) is 18.5 Å². The molecule has 0 amide bonds. The molecule has 0 radical (unpaired) electrons. The molecule has 1 N–H and O–H groups in total. The van der Waals surface area contributed by atoms with Gasteiger partial charge in [0.1, 0.15) is 18.5 Å². The van der Waals surface area contributed by atoms with Crippen LogP contribution in [0.2, 0.25) is 0 Å². The lowest BCUT2D eigenvalue weighted by Gasteiger charge is -2.36. The van der Waals surface area contributed by atoms with Gasteiger partial charge < -0.3 is 19.5 Å². The van der Waals surface area contributed by atoms with E-state index in [4.69, 9.17) is 9.73 Å². The Hall–Kier alpha value is -2.41. The minimum atomic E-state index is 0.0604. The SMILES string of the molecule is CCCCNC(=NCc1nnc(C)n1C)N1CCOC(c2ccccc2C)C1. The molecule has 7 heteroatoms. The van der Waals surface area contributed by atoms with Crippen LogP contribution < -0.4 is 5.32 Å². The monoisotopic (exact) mass is 384 g/mol. The van der Waals surface area contributed by atoms with Crippen molar-refractivity contribution in [2.75, 3.05) is 26.2 Å². The fourth-order valence-corrected chi connectivity index (χ4v) is 3.36. The molecular weight excluding hydrogens is 352 g/mol. The number of rotatable bonds is 6. The Morgan fingerprint density at radius 1 is 1.29 bits per heavy atom. The van der Waals surface area contributed by atoms with E-state index in [1.165, 1.54) is 11.1 Å². The molecule has 1 aliphatic heterocycles. The van der Waals surface area contributed by atoms with Crippen molar-refractivity contribution in [2.24, 2.45) is 12.0 Å². The molecule has 2 heterocycles. The van der Waals surface area contributed by atoms with E-state index in [2.05, 4.69) is 58.5 Å². The lowest BCUT2D eigenvalue weighted by Crippen LogP contribution is -2.48. The third-order valence-corrected chi connectivity index (χ3v) is 5.27. The van der Waals surface area contributed by atoms with Crippen LogP contribution in [-0.4, -0.2) is 51.9 Å². The number of benzene rings is 1. The van der Waals surface area contributed by atoms with E-state index in [9.17, 15) is 0 Å². The van der Waals surface area contributed by atoms with E-state index >= 15 is 0 Å². The van der Waals surface area contributed by atoms with Crippen LogP contribution in [0.1, 0.15) is 48.6 Å². The van der Waals surface area contributed by atoms with Gasteiger partial charge in [0, 0.05) is 20.1 Å². The minimum Gasteiger partial charge on any atom is -0.370 e. The van der Waals surface area contributed by atoms with E-state index in [0.717, 1.165) is 50.1 Å². The van der Waals surface area contributed by atoms with Crippen LogP contribution in [0.25, 0.3) is 0 Å². The van der Waals surface area contributed by atoms with Gasteiger partial charge in [-0.05, 0) is 31.4 Å². The summed E-state index contributed by atoms with van der Waals surface area (Å²) in [6.45, 7) is 10.0. The summed E-state index contributed by atoms with van der Waals surface area (Å²) >= 11 is 0. The second kappa shape index (κ2) is 9.68. The van der Waals surface area contributed by atoms with Gasteiger partial charge in [-0.25, -0.2) is 4.99 Å². The minimum absolute atomic E-state index is 0.0604. The Bertz CT molecular complexity index is 800. The van der Waals surface area contributed by atoms with Gasteiger partial charge in [-0.2, -0.15) is 0 Å². The molecule has 1 atom stereocenters. The van der Waals surface area contributed by atoms with Crippen LogP contribution in [-0.2, 0) is 18.3 Å². The summed E-state index contributed by atoms with van der Waals surface area (Å²) in [7, 11) is 1.98. The zero-order chi connectivity index (χ0) is 19.9. The highest BCUT2D eigenvalue weighted by Crippen LogP contribution is 2.25. The number of ether oxygens (including phenoxy) is 1. The number of nitrogens with zero attached hydrogens (tertiary/aromatic N) is 5. The molecule has 152 valence electrons. The molecule has 0 spiro atoms. The molecule has 1 aliphatic rings. The Kier molecular flexibility index (Phi) is 7.03. The number of unbranched alkanes of at least 4 members (excludes halogenated alkanes) is 1. The normalized spacial score (nSPS) is 17.8. The molecule has 1 saturated heterocycles. The predicted molar refractivity (Wildman–Crippen MR) is 111 cm³/mol. The maximum atomic E-state index is 6.09. The maximum Gasteiger partial charge on any atom is 0.194 e. The Morgan fingerprint density at radius 3 is 2.82 bits per heavy atom. The summed E-state index contributed by atoms with van der Waals surface area (Å²) in [5.41, 5.74) is 2.52. The highest BCUT2D eigenvalue weighted by atomic mass is 16.5. The third-order valence-electron chi connectivity index (χ3n) is 5.27. The fourth-order valence-electron chi connectivity index (χ4n) is 3.36. The van der Waals surface area contributed by atoms with Crippen molar-refractivity contribution in [3.8, 4) is 0 Å². The number of aromatic nitrogens is 3. The van der Waals surface area contributed by atoms with E-state index in [-0.39, 0.29) is 6.10 Å². The average molecular weight is 385 g/mol. The second-order valence-corrected chi connectivity index (χ2v) is 7.30. The van der Waals surface area contributed by atoms with E-state index in [1.54, 1.807) is 0 Å². The molecular formula is C21H32N6O. The zero-order valence-electron chi connectivity index (χ0n) is 17.5. The first-order valence-corrected chi connectivity index (χ1v) is 10.2.